The van der Waals surface area contributed by atoms with Crippen LogP contribution in [0.5, 0.6) is 11.5 Å². The summed E-state index contributed by atoms with van der Waals surface area (Å²) >= 11 is 6.14. The molecule has 0 aliphatic heterocycles. The minimum absolute atomic E-state index is 0.538. The SMILES string of the molecule is COc1cc(OC)c(NCc2c(C)n[nH]c2C)cc1Cl. The highest BCUT2D eigenvalue weighted by atomic mass is 35.5. The maximum absolute atomic E-state index is 6.14. The monoisotopic (exact) mass is 295 g/mol. The van der Waals surface area contributed by atoms with Gasteiger partial charge >= 0.3 is 0 Å². The van der Waals surface area contributed by atoms with Crippen LogP contribution in [0.25, 0.3) is 0 Å². The minimum atomic E-state index is 0.538. The van der Waals surface area contributed by atoms with Crippen molar-refractivity contribution in [1.82, 2.24) is 10.2 Å². The predicted molar refractivity (Wildman–Crippen MR) is 79.9 cm³/mol. The lowest BCUT2D eigenvalue weighted by atomic mass is 10.2. The number of hydrogen-bond acceptors (Lipinski definition) is 4. The number of aryl methyl sites for hydroxylation is 2. The highest BCUT2D eigenvalue weighted by molar-refractivity contribution is 6.32. The largest absolute Gasteiger partial charge is 0.495 e. The molecule has 0 bridgehead atoms. The summed E-state index contributed by atoms with van der Waals surface area (Å²) in [5.74, 6) is 1.27. The number of ether oxygens (including phenoxy) is 2. The molecule has 0 spiro atoms. The molecule has 2 N–H and O–H groups in total. The zero-order valence-corrected chi connectivity index (χ0v) is 12.8. The molecule has 2 rings (SSSR count). The van der Waals surface area contributed by atoms with Gasteiger partial charge in [-0.25, -0.2) is 0 Å². The quantitative estimate of drug-likeness (QED) is 0.888. The minimum Gasteiger partial charge on any atom is -0.495 e. The van der Waals surface area contributed by atoms with Crippen LogP contribution in [0.4, 0.5) is 5.69 Å². The number of aromatic amines is 1. The summed E-state index contributed by atoms with van der Waals surface area (Å²) in [7, 11) is 3.19. The fourth-order valence-electron chi connectivity index (χ4n) is 2.02. The van der Waals surface area contributed by atoms with Crippen LogP contribution >= 0.6 is 11.6 Å². The number of anilines is 1. The molecule has 0 amide bonds. The van der Waals surface area contributed by atoms with Crippen LogP contribution in [-0.2, 0) is 6.54 Å². The molecule has 0 aliphatic rings. The second-order valence-corrected chi connectivity index (χ2v) is 4.86. The molecule has 108 valence electrons. The molecule has 0 aliphatic carbocycles. The molecule has 1 aromatic heterocycles. The van der Waals surface area contributed by atoms with E-state index in [1.54, 1.807) is 26.4 Å². The van der Waals surface area contributed by atoms with E-state index in [2.05, 4.69) is 15.5 Å². The van der Waals surface area contributed by atoms with E-state index in [0.29, 0.717) is 23.1 Å². The van der Waals surface area contributed by atoms with Crippen molar-refractivity contribution in [1.29, 1.82) is 0 Å². The van der Waals surface area contributed by atoms with Crippen LogP contribution < -0.4 is 14.8 Å². The van der Waals surface area contributed by atoms with Crippen LogP contribution in [0.3, 0.4) is 0 Å². The molecule has 5 nitrogen and oxygen atoms in total. The van der Waals surface area contributed by atoms with E-state index in [-0.39, 0.29) is 0 Å². The van der Waals surface area contributed by atoms with Crippen molar-refractivity contribution in [2.24, 2.45) is 0 Å². The Hall–Kier alpha value is -1.88. The van der Waals surface area contributed by atoms with Crippen molar-refractivity contribution >= 4 is 17.3 Å². The molecule has 0 saturated heterocycles. The first-order valence-electron chi connectivity index (χ1n) is 6.22. The van der Waals surface area contributed by atoms with Crippen LogP contribution in [-0.4, -0.2) is 24.4 Å². The topological polar surface area (TPSA) is 59.2 Å². The second-order valence-electron chi connectivity index (χ2n) is 4.45. The van der Waals surface area contributed by atoms with Crippen molar-refractivity contribution < 1.29 is 9.47 Å². The summed E-state index contributed by atoms with van der Waals surface area (Å²) in [4.78, 5) is 0. The van der Waals surface area contributed by atoms with Gasteiger partial charge in [-0.15, -0.1) is 0 Å². The summed E-state index contributed by atoms with van der Waals surface area (Å²) in [5, 5.41) is 11.0. The van der Waals surface area contributed by atoms with Gasteiger partial charge in [0.1, 0.15) is 11.5 Å². The van der Waals surface area contributed by atoms with Crippen LogP contribution in [0.1, 0.15) is 17.0 Å². The Balaban J connectivity index is 2.23. The fourth-order valence-corrected chi connectivity index (χ4v) is 2.26. The lowest BCUT2D eigenvalue weighted by molar-refractivity contribution is 0.395. The van der Waals surface area contributed by atoms with E-state index in [1.807, 2.05) is 13.8 Å². The summed E-state index contributed by atoms with van der Waals surface area (Å²) < 4.78 is 10.5. The molecule has 6 heteroatoms. The predicted octanol–water partition coefficient (Wildman–Crippen LogP) is 3.31. The zero-order valence-electron chi connectivity index (χ0n) is 12.0. The number of hydrogen-bond donors (Lipinski definition) is 2. The third-order valence-electron chi connectivity index (χ3n) is 3.21. The molecule has 0 atom stereocenters. The van der Waals surface area contributed by atoms with Crippen LogP contribution in [0.15, 0.2) is 12.1 Å². The Labute approximate surface area is 123 Å². The molecule has 1 heterocycles. The van der Waals surface area contributed by atoms with Gasteiger partial charge in [0.25, 0.3) is 0 Å². The summed E-state index contributed by atoms with van der Waals surface area (Å²) in [6.07, 6.45) is 0. The average Bonchev–Trinajstić information content (AvgIpc) is 2.76. The number of H-pyrrole nitrogens is 1. The number of aromatic nitrogens is 2. The maximum Gasteiger partial charge on any atom is 0.145 e. The Kier molecular flexibility index (Phi) is 4.39. The maximum atomic E-state index is 6.14. The van der Waals surface area contributed by atoms with Gasteiger partial charge in [0, 0.05) is 23.9 Å². The molecule has 0 fully saturated rings. The lowest BCUT2D eigenvalue weighted by Crippen LogP contribution is -2.03. The number of halogens is 1. The Morgan fingerprint density at radius 2 is 1.90 bits per heavy atom. The first kappa shape index (κ1) is 14.5. The molecule has 0 unspecified atom stereocenters. The smallest absolute Gasteiger partial charge is 0.145 e. The Morgan fingerprint density at radius 1 is 1.20 bits per heavy atom. The Bertz CT molecular complexity index is 591. The van der Waals surface area contributed by atoms with Gasteiger partial charge in [0.15, 0.2) is 0 Å². The Morgan fingerprint density at radius 3 is 2.45 bits per heavy atom. The van der Waals surface area contributed by atoms with E-state index in [4.69, 9.17) is 21.1 Å². The summed E-state index contributed by atoms with van der Waals surface area (Å²) in [6, 6.07) is 3.56. The van der Waals surface area contributed by atoms with Gasteiger partial charge in [-0.3, -0.25) is 5.10 Å². The van der Waals surface area contributed by atoms with Crippen LogP contribution in [0.2, 0.25) is 5.02 Å². The molecule has 2 aromatic rings. The van der Waals surface area contributed by atoms with E-state index >= 15 is 0 Å². The number of rotatable bonds is 5. The average molecular weight is 296 g/mol. The second kappa shape index (κ2) is 6.05. The van der Waals surface area contributed by atoms with E-state index < -0.39 is 0 Å². The first-order valence-corrected chi connectivity index (χ1v) is 6.60. The number of nitrogens with one attached hydrogen (secondary N) is 2. The third-order valence-corrected chi connectivity index (χ3v) is 3.51. The first-order chi connectivity index (χ1) is 9.56. The fraction of sp³-hybridized carbons (Fsp3) is 0.357. The number of methoxy groups -OCH3 is 2. The van der Waals surface area contributed by atoms with Gasteiger partial charge in [-0.05, 0) is 19.9 Å². The highest BCUT2D eigenvalue weighted by Gasteiger charge is 2.11. The molecule has 20 heavy (non-hydrogen) atoms. The number of nitrogens with zero attached hydrogens (tertiary/aromatic N) is 1. The van der Waals surface area contributed by atoms with E-state index in [0.717, 1.165) is 22.6 Å². The summed E-state index contributed by atoms with van der Waals surface area (Å²) in [5.41, 5.74) is 3.99. The normalized spacial score (nSPS) is 10.4. The molecular formula is C14H18ClN3O2. The van der Waals surface area contributed by atoms with Crippen molar-refractivity contribution in [3.8, 4) is 11.5 Å². The molecule has 0 saturated carbocycles. The van der Waals surface area contributed by atoms with E-state index in [1.165, 1.54) is 0 Å². The number of benzene rings is 1. The van der Waals surface area contributed by atoms with Crippen LogP contribution in [0, 0.1) is 13.8 Å². The van der Waals surface area contributed by atoms with Crippen molar-refractivity contribution in [2.45, 2.75) is 20.4 Å². The van der Waals surface area contributed by atoms with Crippen molar-refractivity contribution in [3.05, 3.63) is 34.1 Å². The lowest BCUT2D eigenvalue weighted by Gasteiger charge is -2.14. The van der Waals surface area contributed by atoms with Gasteiger partial charge in [-0.1, -0.05) is 11.6 Å². The van der Waals surface area contributed by atoms with Gasteiger partial charge in [0.05, 0.1) is 30.6 Å². The standard InChI is InChI=1S/C14H18ClN3O2/c1-8-10(9(2)18-17-8)7-16-12-5-11(15)13(19-3)6-14(12)20-4/h5-6,16H,7H2,1-4H3,(H,17,18). The van der Waals surface area contributed by atoms with Gasteiger partial charge in [0.2, 0.25) is 0 Å². The van der Waals surface area contributed by atoms with Gasteiger partial charge < -0.3 is 14.8 Å². The zero-order chi connectivity index (χ0) is 14.7. The molecule has 0 radical (unpaired) electrons. The molecule has 1 aromatic carbocycles. The van der Waals surface area contributed by atoms with Crippen molar-refractivity contribution in [2.75, 3.05) is 19.5 Å². The van der Waals surface area contributed by atoms with Crippen molar-refractivity contribution in [3.63, 3.8) is 0 Å². The molecular weight excluding hydrogens is 278 g/mol. The third kappa shape index (κ3) is 2.82. The summed E-state index contributed by atoms with van der Waals surface area (Å²) in [6.45, 7) is 4.61. The van der Waals surface area contributed by atoms with Gasteiger partial charge in [-0.2, -0.15) is 5.10 Å². The highest BCUT2D eigenvalue weighted by Crippen LogP contribution is 2.36. The van der Waals surface area contributed by atoms with E-state index in [9.17, 15) is 0 Å².